The number of rotatable bonds is 6. The number of carbonyl (C=O) groups is 1. The lowest BCUT2D eigenvalue weighted by atomic mass is 9.90. The molecule has 2 nitrogen and oxygen atoms in total. The van der Waals surface area contributed by atoms with Gasteiger partial charge in [0.15, 0.2) is 0 Å². The van der Waals surface area contributed by atoms with Gasteiger partial charge >= 0.3 is 0 Å². The highest BCUT2D eigenvalue weighted by Gasteiger charge is 2.24. The van der Waals surface area contributed by atoms with Crippen molar-refractivity contribution in [2.24, 2.45) is 0 Å². The molecule has 0 saturated carbocycles. The van der Waals surface area contributed by atoms with Crippen molar-refractivity contribution in [2.75, 3.05) is 0 Å². The van der Waals surface area contributed by atoms with E-state index in [-0.39, 0.29) is 17.9 Å². The Hall–Kier alpha value is -3.65. The van der Waals surface area contributed by atoms with Crippen molar-refractivity contribution in [1.82, 2.24) is 5.32 Å². The highest BCUT2D eigenvalue weighted by atomic mass is 16.1. The van der Waals surface area contributed by atoms with Crippen LogP contribution < -0.4 is 5.32 Å². The molecule has 0 heterocycles. The molecule has 0 bridgehead atoms. The topological polar surface area (TPSA) is 29.1 Å². The van der Waals surface area contributed by atoms with E-state index in [0.29, 0.717) is 0 Å². The van der Waals surface area contributed by atoms with Gasteiger partial charge in [-0.3, -0.25) is 4.79 Å². The van der Waals surface area contributed by atoms with Crippen LogP contribution in [-0.2, 0) is 4.79 Å². The Morgan fingerprint density at radius 1 is 0.567 bits per heavy atom. The number of carbonyl (C=O) groups excluding carboxylic acids is 1. The van der Waals surface area contributed by atoms with Crippen LogP contribution in [0.1, 0.15) is 35.6 Å². The molecule has 4 aromatic carbocycles. The van der Waals surface area contributed by atoms with Gasteiger partial charge in [-0.1, -0.05) is 115 Å². The fourth-order valence-electron chi connectivity index (χ4n) is 3.76. The zero-order valence-electron chi connectivity index (χ0n) is 17.0. The van der Waals surface area contributed by atoms with Crippen LogP contribution in [-0.4, -0.2) is 5.91 Å². The molecule has 0 spiro atoms. The molecule has 0 radical (unpaired) electrons. The second-order valence-electron chi connectivity index (χ2n) is 7.47. The molecule has 0 aliphatic heterocycles. The molecule has 1 unspecified atom stereocenters. The van der Waals surface area contributed by atoms with E-state index in [0.717, 1.165) is 16.7 Å². The van der Waals surface area contributed by atoms with Crippen LogP contribution in [0.15, 0.2) is 115 Å². The molecular weight excluding hydrogens is 366 g/mol. The Balaban J connectivity index is 1.54. The third-order valence-corrected chi connectivity index (χ3v) is 5.40. The summed E-state index contributed by atoms with van der Waals surface area (Å²) >= 11 is 0. The van der Waals surface area contributed by atoms with Crippen LogP contribution in [0.25, 0.3) is 11.1 Å². The Kier molecular flexibility index (Phi) is 6.05. The monoisotopic (exact) mass is 391 g/mol. The molecule has 148 valence electrons. The Morgan fingerprint density at radius 3 is 1.50 bits per heavy atom. The molecule has 0 saturated heterocycles. The number of nitrogens with one attached hydrogen (secondary N) is 1. The number of hydrogen-bond donors (Lipinski definition) is 1. The van der Waals surface area contributed by atoms with Crippen LogP contribution >= 0.6 is 0 Å². The first-order valence-corrected chi connectivity index (χ1v) is 10.3. The summed E-state index contributed by atoms with van der Waals surface area (Å²) in [5, 5.41) is 3.21. The SMILES string of the molecule is CC(NC(=O)C(c1ccccc1)c1ccccc1)c1ccc(-c2ccccc2)cc1. The van der Waals surface area contributed by atoms with E-state index in [1.165, 1.54) is 11.1 Å². The Bertz CT molecular complexity index is 1030. The molecule has 0 aromatic heterocycles. The third kappa shape index (κ3) is 4.49. The minimum absolute atomic E-state index is 0.00651. The van der Waals surface area contributed by atoms with Gasteiger partial charge in [0.2, 0.25) is 5.91 Å². The lowest BCUT2D eigenvalue weighted by molar-refractivity contribution is -0.122. The molecule has 1 atom stereocenters. The highest BCUT2D eigenvalue weighted by molar-refractivity contribution is 5.87. The van der Waals surface area contributed by atoms with Crippen molar-refractivity contribution in [2.45, 2.75) is 18.9 Å². The normalized spacial score (nSPS) is 11.8. The summed E-state index contributed by atoms with van der Waals surface area (Å²) in [5.41, 5.74) is 5.43. The van der Waals surface area contributed by atoms with Gasteiger partial charge in [0, 0.05) is 0 Å². The maximum Gasteiger partial charge on any atom is 0.232 e. The predicted octanol–water partition coefficient (Wildman–Crippen LogP) is 6.36. The summed E-state index contributed by atoms with van der Waals surface area (Å²) in [4.78, 5) is 13.3. The van der Waals surface area contributed by atoms with Crippen LogP contribution in [0.4, 0.5) is 0 Å². The van der Waals surface area contributed by atoms with Crippen molar-refractivity contribution < 1.29 is 4.79 Å². The lowest BCUT2D eigenvalue weighted by Crippen LogP contribution is -2.32. The summed E-state index contributed by atoms with van der Waals surface area (Å²) < 4.78 is 0. The molecule has 0 fully saturated rings. The van der Waals surface area contributed by atoms with Crippen molar-refractivity contribution in [3.63, 3.8) is 0 Å². The average Bonchev–Trinajstić information content (AvgIpc) is 2.81. The zero-order valence-corrected chi connectivity index (χ0v) is 17.0. The molecule has 1 N–H and O–H groups in total. The average molecular weight is 392 g/mol. The summed E-state index contributed by atoms with van der Waals surface area (Å²) in [5.74, 6) is -0.328. The first-order valence-electron chi connectivity index (χ1n) is 10.3. The predicted molar refractivity (Wildman–Crippen MR) is 123 cm³/mol. The van der Waals surface area contributed by atoms with Gasteiger partial charge in [0.25, 0.3) is 0 Å². The fraction of sp³-hybridized carbons (Fsp3) is 0.107. The van der Waals surface area contributed by atoms with Gasteiger partial charge in [-0.25, -0.2) is 0 Å². The minimum Gasteiger partial charge on any atom is -0.349 e. The van der Waals surface area contributed by atoms with Gasteiger partial charge < -0.3 is 5.32 Å². The van der Waals surface area contributed by atoms with E-state index in [9.17, 15) is 4.79 Å². The van der Waals surface area contributed by atoms with E-state index in [1.807, 2.05) is 85.8 Å². The van der Waals surface area contributed by atoms with Gasteiger partial charge in [0.1, 0.15) is 0 Å². The van der Waals surface area contributed by atoms with Crippen LogP contribution in [0, 0.1) is 0 Å². The maximum absolute atomic E-state index is 13.3. The summed E-state index contributed by atoms with van der Waals surface area (Å²) in [6.45, 7) is 2.03. The van der Waals surface area contributed by atoms with Crippen molar-refractivity contribution >= 4 is 5.91 Å². The van der Waals surface area contributed by atoms with Crippen molar-refractivity contribution in [1.29, 1.82) is 0 Å². The molecular formula is C28H25NO. The molecule has 2 heteroatoms. The standard InChI is InChI=1S/C28H25NO/c1-21(22-17-19-24(20-18-22)23-11-5-2-6-12-23)29-28(30)27(25-13-7-3-8-14-25)26-15-9-4-10-16-26/h2-21,27H,1H3,(H,29,30). The van der Waals surface area contributed by atoms with E-state index in [1.54, 1.807) is 0 Å². The molecule has 1 amide bonds. The van der Waals surface area contributed by atoms with Gasteiger partial charge in [0.05, 0.1) is 12.0 Å². The molecule has 30 heavy (non-hydrogen) atoms. The molecule has 4 rings (SSSR count). The lowest BCUT2D eigenvalue weighted by Gasteiger charge is -2.21. The minimum atomic E-state index is -0.335. The van der Waals surface area contributed by atoms with Crippen molar-refractivity contribution in [3.8, 4) is 11.1 Å². The molecule has 0 aliphatic rings. The van der Waals surface area contributed by atoms with Gasteiger partial charge in [-0.2, -0.15) is 0 Å². The summed E-state index contributed by atoms with van der Waals surface area (Å²) in [7, 11) is 0. The second kappa shape index (κ2) is 9.23. The Morgan fingerprint density at radius 2 is 1.00 bits per heavy atom. The fourth-order valence-corrected chi connectivity index (χ4v) is 3.76. The second-order valence-corrected chi connectivity index (χ2v) is 7.47. The van der Waals surface area contributed by atoms with E-state index >= 15 is 0 Å². The van der Waals surface area contributed by atoms with E-state index < -0.39 is 0 Å². The number of benzene rings is 4. The van der Waals surface area contributed by atoms with Crippen LogP contribution in [0.3, 0.4) is 0 Å². The zero-order chi connectivity index (χ0) is 20.8. The maximum atomic E-state index is 13.3. The Labute approximate surface area is 178 Å². The number of hydrogen-bond acceptors (Lipinski definition) is 1. The molecule has 0 aliphatic carbocycles. The van der Waals surface area contributed by atoms with Crippen molar-refractivity contribution in [3.05, 3.63) is 132 Å². The van der Waals surface area contributed by atoms with Gasteiger partial charge in [-0.05, 0) is 34.7 Å². The highest BCUT2D eigenvalue weighted by Crippen LogP contribution is 2.27. The number of amides is 1. The summed E-state index contributed by atoms with van der Waals surface area (Å²) in [6, 6.07) is 38.5. The third-order valence-electron chi connectivity index (χ3n) is 5.40. The van der Waals surface area contributed by atoms with E-state index in [2.05, 4.69) is 41.7 Å². The first kappa shape index (κ1) is 19.7. The van der Waals surface area contributed by atoms with E-state index in [4.69, 9.17) is 0 Å². The molecule has 4 aromatic rings. The smallest absolute Gasteiger partial charge is 0.232 e. The van der Waals surface area contributed by atoms with Crippen LogP contribution in [0.2, 0.25) is 0 Å². The van der Waals surface area contributed by atoms with Crippen LogP contribution in [0.5, 0.6) is 0 Å². The first-order chi connectivity index (χ1) is 14.7. The summed E-state index contributed by atoms with van der Waals surface area (Å²) in [6.07, 6.45) is 0. The van der Waals surface area contributed by atoms with Gasteiger partial charge in [-0.15, -0.1) is 0 Å². The quantitative estimate of drug-likeness (QED) is 0.407. The largest absolute Gasteiger partial charge is 0.349 e.